The maximum Gasteiger partial charge on any atom is 0.193 e. The first kappa shape index (κ1) is 15.4. The molecule has 0 saturated heterocycles. The van der Waals surface area contributed by atoms with Gasteiger partial charge in [0.25, 0.3) is 0 Å². The summed E-state index contributed by atoms with van der Waals surface area (Å²) in [5.41, 5.74) is -0.122. The molecule has 0 saturated carbocycles. The molecule has 0 aliphatic rings. The van der Waals surface area contributed by atoms with Gasteiger partial charge in [0.05, 0.1) is 5.60 Å². The second-order valence-corrected chi connectivity index (χ2v) is 9.54. The Morgan fingerprint density at radius 1 is 1.20 bits per heavy atom. The summed E-state index contributed by atoms with van der Waals surface area (Å²) in [5, 5.41) is 0.874. The van der Waals surface area contributed by atoms with Gasteiger partial charge in [-0.3, -0.25) is 0 Å². The van der Waals surface area contributed by atoms with Crippen LogP contribution in [0.5, 0.6) is 0 Å². The molecule has 1 nitrogen and oxygen atoms in total. The summed E-state index contributed by atoms with van der Waals surface area (Å²) in [6, 6.07) is 3.63. The molecule has 0 spiro atoms. The summed E-state index contributed by atoms with van der Waals surface area (Å²) in [5.74, 6) is 0. The van der Waals surface area contributed by atoms with Crippen LogP contribution in [0.4, 0.5) is 0 Å². The predicted octanol–water partition coefficient (Wildman–Crippen LogP) is 4.74. The molecule has 0 bridgehead atoms. The first-order valence-electron chi connectivity index (χ1n) is 5.91. The molecule has 0 heterocycles. The monoisotopic (exact) mass is 292 g/mol. The van der Waals surface area contributed by atoms with Crippen molar-refractivity contribution in [2.45, 2.75) is 58.4 Å². The van der Waals surface area contributed by atoms with Gasteiger partial charge in [-0.1, -0.05) is 48.9 Å². The number of alkyl halides is 1. The van der Waals surface area contributed by atoms with Crippen LogP contribution < -0.4 is 0 Å². The lowest BCUT2D eigenvalue weighted by Crippen LogP contribution is -2.45. The van der Waals surface area contributed by atoms with Gasteiger partial charge in [-0.15, -0.1) is 0 Å². The molecule has 0 amide bonds. The Labute approximate surface area is 105 Å². The SMILES string of the molecule is CC=CC(C)(CBr)O[Si](CC)(CC)CC. The lowest BCUT2D eigenvalue weighted by molar-refractivity contribution is 0.153. The molecule has 1 unspecified atom stereocenters. The molecule has 0 N–H and O–H groups in total. The summed E-state index contributed by atoms with van der Waals surface area (Å²) in [6.45, 7) is 11.0. The number of hydrogen-bond acceptors (Lipinski definition) is 1. The minimum absolute atomic E-state index is 0.122. The van der Waals surface area contributed by atoms with Crippen molar-refractivity contribution in [1.29, 1.82) is 0 Å². The van der Waals surface area contributed by atoms with E-state index in [2.05, 4.69) is 62.7 Å². The number of hydrogen-bond donors (Lipinski definition) is 0. The van der Waals surface area contributed by atoms with Gasteiger partial charge in [0.1, 0.15) is 0 Å². The highest BCUT2D eigenvalue weighted by atomic mass is 79.9. The van der Waals surface area contributed by atoms with E-state index in [9.17, 15) is 0 Å². The number of halogens is 1. The molecule has 0 aliphatic heterocycles. The highest BCUT2D eigenvalue weighted by Gasteiger charge is 2.35. The summed E-state index contributed by atoms with van der Waals surface area (Å²) < 4.78 is 6.47. The van der Waals surface area contributed by atoms with Crippen LogP contribution in [-0.4, -0.2) is 19.2 Å². The van der Waals surface area contributed by atoms with Crippen LogP contribution in [0.25, 0.3) is 0 Å². The van der Waals surface area contributed by atoms with Crippen molar-refractivity contribution in [1.82, 2.24) is 0 Å². The molecule has 90 valence electrons. The molecule has 0 aromatic heterocycles. The van der Waals surface area contributed by atoms with E-state index in [0.717, 1.165) is 5.33 Å². The zero-order valence-corrected chi connectivity index (χ0v) is 13.4. The van der Waals surface area contributed by atoms with Crippen molar-refractivity contribution in [3.63, 3.8) is 0 Å². The smallest absolute Gasteiger partial charge is 0.193 e. The predicted molar refractivity (Wildman–Crippen MR) is 75.3 cm³/mol. The Kier molecular flexibility index (Phi) is 7.05. The van der Waals surface area contributed by atoms with Gasteiger partial charge in [0, 0.05) is 5.33 Å². The van der Waals surface area contributed by atoms with Crippen LogP contribution in [0.3, 0.4) is 0 Å². The Balaban J connectivity index is 4.76. The van der Waals surface area contributed by atoms with E-state index < -0.39 is 8.32 Å². The van der Waals surface area contributed by atoms with Gasteiger partial charge in [0.2, 0.25) is 0 Å². The van der Waals surface area contributed by atoms with Gasteiger partial charge < -0.3 is 4.43 Å². The quantitative estimate of drug-likeness (QED) is 0.374. The van der Waals surface area contributed by atoms with Gasteiger partial charge >= 0.3 is 0 Å². The zero-order valence-electron chi connectivity index (χ0n) is 10.8. The molecule has 0 aliphatic carbocycles. The Morgan fingerprint density at radius 2 is 1.67 bits per heavy atom. The van der Waals surface area contributed by atoms with Crippen LogP contribution in [0.1, 0.15) is 34.6 Å². The molecule has 3 heteroatoms. The van der Waals surface area contributed by atoms with E-state index in [0.29, 0.717) is 0 Å². The van der Waals surface area contributed by atoms with Crippen LogP contribution in [0.2, 0.25) is 18.1 Å². The molecule has 0 aromatic rings. The van der Waals surface area contributed by atoms with Crippen molar-refractivity contribution < 1.29 is 4.43 Å². The molecular formula is C12H25BrOSi. The van der Waals surface area contributed by atoms with Crippen LogP contribution in [0, 0.1) is 0 Å². The molecule has 0 rings (SSSR count). The number of rotatable bonds is 7. The topological polar surface area (TPSA) is 9.23 Å². The van der Waals surface area contributed by atoms with Crippen molar-refractivity contribution >= 4 is 24.2 Å². The van der Waals surface area contributed by atoms with Gasteiger partial charge in [-0.05, 0) is 32.0 Å². The van der Waals surface area contributed by atoms with E-state index in [1.54, 1.807) is 0 Å². The van der Waals surface area contributed by atoms with Crippen LogP contribution >= 0.6 is 15.9 Å². The Hall–Kier alpha value is 0.397. The Morgan fingerprint density at radius 3 is 1.93 bits per heavy atom. The highest BCUT2D eigenvalue weighted by molar-refractivity contribution is 9.09. The fourth-order valence-electron chi connectivity index (χ4n) is 1.92. The van der Waals surface area contributed by atoms with Gasteiger partial charge in [-0.2, -0.15) is 0 Å². The highest BCUT2D eigenvalue weighted by Crippen LogP contribution is 2.29. The molecule has 0 radical (unpaired) electrons. The van der Waals surface area contributed by atoms with Crippen molar-refractivity contribution in [3.05, 3.63) is 12.2 Å². The van der Waals surface area contributed by atoms with E-state index in [1.807, 2.05) is 0 Å². The lowest BCUT2D eigenvalue weighted by Gasteiger charge is -2.37. The fraction of sp³-hybridized carbons (Fsp3) is 0.833. The molecular weight excluding hydrogens is 268 g/mol. The lowest BCUT2D eigenvalue weighted by atomic mass is 10.1. The first-order valence-corrected chi connectivity index (χ1v) is 9.56. The molecule has 1 atom stereocenters. The second-order valence-electron chi connectivity index (χ2n) is 4.29. The largest absolute Gasteiger partial charge is 0.407 e. The molecule has 15 heavy (non-hydrogen) atoms. The normalized spacial score (nSPS) is 16.9. The minimum Gasteiger partial charge on any atom is -0.407 e. The second kappa shape index (κ2) is 6.87. The minimum atomic E-state index is -1.49. The Bertz CT molecular complexity index is 194. The van der Waals surface area contributed by atoms with Crippen LogP contribution in [-0.2, 0) is 4.43 Å². The third kappa shape index (κ3) is 4.41. The maximum absolute atomic E-state index is 6.47. The van der Waals surface area contributed by atoms with E-state index in [1.165, 1.54) is 18.1 Å². The van der Waals surface area contributed by atoms with Gasteiger partial charge in [-0.25, -0.2) is 0 Å². The summed E-state index contributed by atoms with van der Waals surface area (Å²) in [4.78, 5) is 0. The van der Waals surface area contributed by atoms with E-state index in [4.69, 9.17) is 4.43 Å². The van der Waals surface area contributed by atoms with E-state index >= 15 is 0 Å². The third-order valence-corrected chi connectivity index (χ3v) is 9.05. The summed E-state index contributed by atoms with van der Waals surface area (Å²) >= 11 is 3.56. The van der Waals surface area contributed by atoms with Crippen molar-refractivity contribution in [3.8, 4) is 0 Å². The summed E-state index contributed by atoms with van der Waals surface area (Å²) in [7, 11) is -1.49. The molecule has 0 fully saturated rings. The molecule has 0 aromatic carbocycles. The summed E-state index contributed by atoms with van der Waals surface area (Å²) in [6.07, 6.45) is 4.26. The maximum atomic E-state index is 6.47. The first-order chi connectivity index (χ1) is 7.01. The van der Waals surface area contributed by atoms with E-state index in [-0.39, 0.29) is 5.60 Å². The standard InChI is InChI=1S/C12H25BrOSi/c1-6-10-12(5,11-13)14-15(7-2,8-3)9-4/h6,10H,7-9,11H2,1-5H3. The fourth-order valence-corrected chi connectivity index (χ4v) is 5.49. The van der Waals surface area contributed by atoms with Crippen molar-refractivity contribution in [2.75, 3.05) is 5.33 Å². The average molecular weight is 293 g/mol. The zero-order chi connectivity index (χ0) is 11.9. The average Bonchev–Trinajstić information content (AvgIpc) is 2.27. The van der Waals surface area contributed by atoms with Crippen molar-refractivity contribution in [2.24, 2.45) is 0 Å². The third-order valence-electron chi connectivity index (χ3n) is 3.17. The van der Waals surface area contributed by atoms with Crippen LogP contribution in [0.15, 0.2) is 12.2 Å². The number of allylic oxidation sites excluding steroid dienone is 1. The van der Waals surface area contributed by atoms with Gasteiger partial charge in [0.15, 0.2) is 8.32 Å².